The van der Waals surface area contributed by atoms with E-state index in [9.17, 15) is 9.59 Å². The van der Waals surface area contributed by atoms with Gasteiger partial charge in [0.2, 0.25) is 6.54 Å². The number of hydrogen-bond donors (Lipinski definition) is 1. The van der Waals surface area contributed by atoms with E-state index in [4.69, 9.17) is 4.74 Å². The maximum atomic E-state index is 12.4. The molecule has 27 heavy (non-hydrogen) atoms. The molecule has 1 N–H and O–H groups in total. The van der Waals surface area contributed by atoms with Crippen LogP contribution >= 0.6 is 0 Å². The van der Waals surface area contributed by atoms with Gasteiger partial charge in [0.25, 0.3) is 5.91 Å². The van der Waals surface area contributed by atoms with Gasteiger partial charge in [0, 0.05) is 23.3 Å². The van der Waals surface area contributed by atoms with E-state index in [0.29, 0.717) is 22.6 Å². The molecule has 0 atom stereocenters. The Morgan fingerprint density at radius 1 is 0.963 bits per heavy atom. The van der Waals surface area contributed by atoms with Crippen molar-refractivity contribution in [2.24, 2.45) is 0 Å². The number of hydrogen-bond acceptors (Lipinski definition) is 3. The van der Waals surface area contributed by atoms with Crippen molar-refractivity contribution in [3.63, 3.8) is 0 Å². The van der Waals surface area contributed by atoms with E-state index in [2.05, 4.69) is 5.32 Å². The van der Waals surface area contributed by atoms with Gasteiger partial charge in [-0.15, -0.1) is 0 Å². The summed E-state index contributed by atoms with van der Waals surface area (Å²) in [5.41, 5.74) is 2.89. The number of nitrogens with one attached hydrogen (secondary N) is 1. The smallest absolute Gasteiger partial charge is 0.290 e. The first-order valence-corrected chi connectivity index (χ1v) is 8.60. The van der Waals surface area contributed by atoms with Crippen molar-refractivity contribution in [2.45, 2.75) is 13.5 Å². The highest BCUT2D eigenvalue weighted by atomic mass is 16.5. The summed E-state index contributed by atoms with van der Waals surface area (Å²) in [6.45, 7) is 2.09. The Morgan fingerprint density at radius 3 is 2.30 bits per heavy atom. The van der Waals surface area contributed by atoms with Crippen molar-refractivity contribution >= 4 is 17.4 Å². The monoisotopic (exact) mass is 361 g/mol. The van der Waals surface area contributed by atoms with Crippen molar-refractivity contribution in [3.05, 3.63) is 89.7 Å². The standard InChI is InChI=1S/C22H20N2O3/c1-16-8-9-20(27-2)19(14-16)23-21(25)15-24-12-10-18(11-13-24)22(26)17-6-4-3-5-7-17/h3-14H,15H2,1-2H3/p+1. The van der Waals surface area contributed by atoms with Gasteiger partial charge in [0.1, 0.15) is 5.75 Å². The van der Waals surface area contributed by atoms with Crippen LogP contribution in [0, 0.1) is 6.92 Å². The molecule has 5 heteroatoms. The lowest BCUT2D eigenvalue weighted by Gasteiger charge is -2.10. The second-order valence-corrected chi connectivity index (χ2v) is 6.21. The number of benzene rings is 2. The average molecular weight is 361 g/mol. The van der Waals surface area contributed by atoms with Crippen LogP contribution in [0.5, 0.6) is 5.75 Å². The van der Waals surface area contributed by atoms with Gasteiger partial charge in [-0.25, -0.2) is 0 Å². The maximum Gasteiger partial charge on any atom is 0.290 e. The highest BCUT2D eigenvalue weighted by molar-refractivity contribution is 6.08. The zero-order chi connectivity index (χ0) is 19.2. The maximum absolute atomic E-state index is 12.4. The third-order valence-electron chi connectivity index (χ3n) is 4.14. The van der Waals surface area contributed by atoms with Crippen LogP contribution in [0.1, 0.15) is 21.5 Å². The summed E-state index contributed by atoms with van der Waals surface area (Å²) >= 11 is 0. The molecule has 0 radical (unpaired) electrons. The molecule has 0 unspecified atom stereocenters. The summed E-state index contributed by atoms with van der Waals surface area (Å²) in [5.74, 6) is 0.394. The third-order valence-corrected chi connectivity index (χ3v) is 4.14. The van der Waals surface area contributed by atoms with Crippen LogP contribution in [-0.4, -0.2) is 18.8 Å². The average Bonchev–Trinajstić information content (AvgIpc) is 2.69. The number of rotatable bonds is 6. The molecule has 0 aliphatic rings. The Bertz CT molecular complexity index is 951. The van der Waals surface area contributed by atoms with Crippen LogP contribution in [0.2, 0.25) is 0 Å². The minimum Gasteiger partial charge on any atom is -0.495 e. The first kappa shape index (κ1) is 18.3. The molecule has 3 rings (SSSR count). The van der Waals surface area contributed by atoms with E-state index in [1.165, 1.54) is 0 Å². The molecule has 0 saturated carbocycles. The minimum absolute atomic E-state index is 0.0447. The molecular formula is C22H21N2O3+. The zero-order valence-corrected chi connectivity index (χ0v) is 15.3. The van der Waals surface area contributed by atoms with Gasteiger partial charge in [0.05, 0.1) is 12.8 Å². The van der Waals surface area contributed by atoms with Gasteiger partial charge in [-0.3, -0.25) is 9.59 Å². The summed E-state index contributed by atoms with van der Waals surface area (Å²) < 4.78 is 7.00. The lowest BCUT2D eigenvalue weighted by atomic mass is 10.0. The number of carbonyl (C=O) groups is 2. The molecule has 2 aromatic carbocycles. The van der Waals surface area contributed by atoms with Crippen molar-refractivity contribution in [3.8, 4) is 5.75 Å². The summed E-state index contributed by atoms with van der Waals surface area (Å²) in [7, 11) is 1.57. The predicted molar refractivity (Wildman–Crippen MR) is 103 cm³/mol. The second kappa shape index (κ2) is 8.27. The number of nitrogens with zero attached hydrogens (tertiary/aromatic N) is 1. The number of methoxy groups -OCH3 is 1. The third kappa shape index (κ3) is 4.58. The van der Waals surface area contributed by atoms with Crippen molar-refractivity contribution < 1.29 is 18.9 Å². The highest BCUT2D eigenvalue weighted by Gasteiger charge is 2.14. The largest absolute Gasteiger partial charge is 0.495 e. The predicted octanol–water partition coefficient (Wildman–Crippen LogP) is 3.16. The Kier molecular flexibility index (Phi) is 5.61. The van der Waals surface area contributed by atoms with Gasteiger partial charge in [0.15, 0.2) is 18.2 Å². The van der Waals surface area contributed by atoms with Crippen molar-refractivity contribution in [2.75, 3.05) is 12.4 Å². The van der Waals surface area contributed by atoms with Crippen LogP contribution in [0.4, 0.5) is 5.69 Å². The van der Waals surface area contributed by atoms with Gasteiger partial charge in [-0.05, 0) is 24.6 Å². The molecule has 1 heterocycles. The molecule has 0 spiro atoms. The molecule has 5 nitrogen and oxygen atoms in total. The first-order valence-electron chi connectivity index (χ1n) is 8.60. The molecule has 3 aromatic rings. The van der Waals surface area contributed by atoms with E-state index in [1.807, 2.05) is 43.3 Å². The number of carbonyl (C=O) groups excluding carboxylic acids is 2. The Morgan fingerprint density at radius 2 is 1.63 bits per heavy atom. The number of amides is 1. The summed E-state index contributed by atoms with van der Waals surface area (Å²) in [6, 6.07) is 18.2. The lowest BCUT2D eigenvalue weighted by Crippen LogP contribution is -2.39. The van der Waals surface area contributed by atoms with Crippen molar-refractivity contribution in [1.29, 1.82) is 0 Å². The summed E-state index contributed by atoms with van der Waals surface area (Å²) in [5, 5.41) is 2.86. The molecule has 0 fully saturated rings. The summed E-state index contributed by atoms with van der Waals surface area (Å²) in [4.78, 5) is 24.8. The topological polar surface area (TPSA) is 59.3 Å². The SMILES string of the molecule is COc1ccc(C)cc1NC(=O)C[n+]1ccc(C(=O)c2ccccc2)cc1. The molecule has 1 aromatic heterocycles. The molecule has 136 valence electrons. The number of pyridine rings is 1. The fraction of sp³-hybridized carbons (Fsp3) is 0.136. The summed E-state index contributed by atoms with van der Waals surface area (Å²) in [6.07, 6.45) is 3.45. The van der Waals surface area contributed by atoms with E-state index in [-0.39, 0.29) is 18.2 Å². The van der Waals surface area contributed by atoms with Gasteiger partial charge < -0.3 is 10.1 Å². The van der Waals surface area contributed by atoms with Crippen LogP contribution in [-0.2, 0) is 11.3 Å². The van der Waals surface area contributed by atoms with Crippen LogP contribution < -0.4 is 14.6 Å². The normalized spacial score (nSPS) is 10.3. The van der Waals surface area contributed by atoms with E-state index in [0.717, 1.165) is 5.56 Å². The Hall–Kier alpha value is -3.47. The molecule has 0 aliphatic carbocycles. The van der Waals surface area contributed by atoms with Crippen LogP contribution in [0.15, 0.2) is 73.1 Å². The molecule has 1 amide bonds. The van der Waals surface area contributed by atoms with Gasteiger partial charge in [-0.1, -0.05) is 36.4 Å². The fourth-order valence-electron chi connectivity index (χ4n) is 2.75. The van der Waals surface area contributed by atoms with E-state index < -0.39 is 0 Å². The number of aromatic nitrogens is 1. The van der Waals surface area contributed by atoms with E-state index >= 15 is 0 Å². The molecule has 0 aliphatic heterocycles. The second-order valence-electron chi connectivity index (χ2n) is 6.21. The number of aryl methyl sites for hydroxylation is 1. The number of ether oxygens (including phenoxy) is 1. The van der Waals surface area contributed by atoms with Crippen LogP contribution in [0.3, 0.4) is 0 Å². The van der Waals surface area contributed by atoms with E-state index in [1.54, 1.807) is 48.3 Å². The first-order chi connectivity index (χ1) is 13.1. The minimum atomic E-state index is -0.175. The van der Waals surface area contributed by atoms with Crippen LogP contribution in [0.25, 0.3) is 0 Å². The Balaban J connectivity index is 1.67. The quantitative estimate of drug-likeness (QED) is 0.542. The molecule has 0 bridgehead atoms. The number of ketones is 1. The number of anilines is 1. The zero-order valence-electron chi connectivity index (χ0n) is 15.3. The fourth-order valence-corrected chi connectivity index (χ4v) is 2.75. The highest BCUT2D eigenvalue weighted by Crippen LogP contribution is 2.24. The molecular weight excluding hydrogens is 340 g/mol. The Labute approximate surface area is 158 Å². The van der Waals surface area contributed by atoms with Gasteiger partial charge >= 0.3 is 0 Å². The van der Waals surface area contributed by atoms with Gasteiger partial charge in [-0.2, -0.15) is 4.57 Å². The lowest BCUT2D eigenvalue weighted by molar-refractivity contribution is -0.684. The molecule has 0 saturated heterocycles. The van der Waals surface area contributed by atoms with Crippen molar-refractivity contribution in [1.82, 2.24) is 0 Å².